The van der Waals surface area contributed by atoms with E-state index in [1.54, 1.807) is 12.1 Å². The summed E-state index contributed by atoms with van der Waals surface area (Å²) in [5.74, 6) is -1.19. The number of hydrogen-bond acceptors (Lipinski definition) is 3. The Hall–Kier alpha value is -2.49. The SMILES string of the molecule is Cc1cc(O)ccc1C(C)(C)c1cc(C(=O)O)c(O)cc1C. The van der Waals surface area contributed by atoms with Crippen LogP contribution in [0.2, 0.25) is 0 Å². The van der Waals surface area contributed by atoms with E-state index >= 15 is 0 Å². The molecule has 116 valence electrons. The highest BCUT2D eigenvalue weighted by Gasteiger charge is 2.28. The molecule has 0 aliphatic rings. The highest BCUT2D eigenvalue weighted by molar-refractivity contribution is 5.91. The van der Waals surface area contributed by atoms with Crippen LogP contribution in [0, 0.1) is 13.8 Å². The number of carbonyl (C=O) groups is 1. The molecule has 0 aliphatic heterocycles. The lowest BCUT2D eigenvalue weighted by atomic mass is 9.74. The van der Waals surface area contributed by atoms with Crippen LogP contribution in [0.25, 0.3) is 0 Å². The van der Waals surface area contributed by atoms with Crippen molar-refractivity contribution in [2.45, 2.75) is 33.1 Å². The van der Waals surface area contributed by atoms with Gasteiger partial charge in [0.05, 0.1) is 0 Å². The number of aryl methyl sites for hydroxylation is 2. The van der Waals surface area contributed by atoms with Crippen LogP contribution in [0.4, 0.5) is 0 Å². The number of carboxylic acids is 1. The molecule has 2 aromatic carbocycles. The number of aromatic hydroxyl groups is 2. The number of rotatable bonds is 3. The molecule has 4 heteroatoms. The van der Waals surface area contributed by atoms with E-state index in [0.717, 1.165) is 22.3 Å². The number of phenols is 2. The van der Waals surface area contributed by atoms with Crippen molar-refractivity contribution in [3.8, 4) is 11.5 Å². The molecule has 2 aromatic rings. The summed E-state index contributed by atoms with van der Waals surface area (Å²) in [6, 6.07) is 8.16. The first-order chi connectivity index (χ1) is 10.1. The van der Waals surface area contributed by atoms with Crippen molar-refractivity contribution in [2.75, 3.05) is 0 Å². The van der Waals surface area contributed by atoms with E-state index in [0.29, 0.717) is 0 Å². The minimum absolute atomic E-state index is 0.106. The first-order valence-corrected chi connectivity index (χ1v) is 7.02. The number of benzene rings is 2. The fraction of sp³-hybridized carbons (Fsp3) is 0.278. The molecule has 0 bridgehead atoms. The third-order valence-corrected chi connectivity index (χ3v) is 4.13. The highest BCUT2D eigenvalue weighted by Crippen LogP contribution is 2.38. The van der Waals surface area contributed by atoms with Gasteiger partial charge in [-0.05, 0) is 60.4 Å². The fourth-order valence-corrected chi connectivity index (χ4v) is 3.03. The maximum atomic E-state index is 11.3. The molecule has 0 aliphatic carbocycles. The van der Waals surface area contributed by atoms with E-state index in [9.17, 15) is 20.1 Å². The first kappa shape index (κ1) is 15.9. The van der Waals surface area contributed by atoms with Gasteiger partial charge in [0.1, 0.15) is 17.1 Å². The van der Waals surface area contributed by atoms with Crippen LogP contribution in [-0.2, 0) is 5.41 Å². The second-order valence-electron chi connectivity index (χ2n) is 6.11. The van der Waals surface area contributed by atoms with Crippen LogP contribution in [0.15, 0.2) is 30.3 Å². The van der Waals surface area contributed by atoms with Gasteiger partial charge >= 0.3 is 5.97 Å². The van der Waals surface area contributed by atoms with Crippen molar-refractivity contribution in [2.24, 2.45) is 0 Å². The van der Waals surface area contributed by atoms with Crippen LogP contribution in [-0.4, -0.2) is 21.3 Å². The van der Waals surface area contributed by atoms with Gasteiger partial charge in [-0.3, -0.25) is 0 Å². The Kier molecular flexibility index (Phi) is 3.88. The topological polar surface area (TPSA) is 77.8 Å². The van der Waals surface area contributed by atoms with Gasteiger partial charge in [-0.1, -0.05) is 19.9 Å². The molecular formula is C18H20O4. The van der Waals surface area contributed by atoms with Crippen molar-refractivity contribution in [3.05, 3.63) is 58.1 Å². The Bertz CT molecular complexity index is 745. The lowest BCUT2D eigenvalue weighted by Gasteiger charge is -2.30. The van der Waals surface area contributed by atoms with Crippen LogP contribution in [0.3, 0.4) is 0 Å². The molecule has 0 saturated carbocycles. The van der Waals surface area contributed by atoms with E-state index in [-0.39, 0.29) is 17.1 Å². The predicted octanol–water partition coefficient (Wildman–Crippen LogP) is 3.74. The van der Waals surface area contributed by atoms with Crippen molar-refractivity contribution >= 4 is 5.97 Å². The summed E-state index contributed by atoms with van der Waals surface area (Å²) >= 11 is 0. The largest absolute Gasteiger partial charge is 0.508 e. The Balaban J connectivity index is 2.67. The van der Waals surface area contributed by atoms with Crippen LogP contribution >= 0.6 is 0 Å². The lowest BCUT2D eigenvalue weighted by molar-refractivity contribution is 0.0693. The zero-order valence-corrected chi connectivity index (χ0v) is 13.1. The third-order valence-electron chi connectivity index (χ3n) is 4.13. The van der Waals surface area contributed by atoms with E-state index in [1.165, 1.54) is 12.1 Å². The number of hydrogen-bond donors (Lipinski definition) is 3. The monoisotopic (exact) mass is 300 g/mol. The quantitative estimate of drug-likeness (QED) is 0.807. The van der Waals surface area contributed by atoms with Gasteiger partial charge in [-0.2, -0.15) is 0 Å². The van der Waals surface area contributed by atoms with Crippen molar-refractivity contribution < 1.29 is 20.1 Å². The summed E-state index contributed by atoms with van der Waals surface area (Å²) < 4.78 is 0. The second kappa shape index (κ2) is 5.37. The van der Waals surface area contributed by atoms with E-state index in [1.807, 2.05) is 33.8 Å². The molecule has 0 fully saturated rings. The molecule has 0 atom stereocenters. The van der Waals surface area contributed by atoms with E-state index in [4.69, 9.17) is 0 Å². The standard InChI is InChI=1S/C18H20O4/c1-10-7-12(19)5-6-14(10)18(3,4)15-9-13(17(21)22)16(20)8-11(15)2/h5-9,19-20H,1-4H3,(H,21,22). The molecule has 0 heterocycles. The van der Waals surface area contributed by atoms with Gasteiger partial charge in [0.15, 0.2) is 0 Å². The second-order valence-corrected chi connectivity index (χ2v) is 6.11. The molecular weight excluding hydrogens is 280 g/mol. The van der Waals surface area contributed by atoms with Gasteiger partial charge in [0.25, 0.3) is 0 Å². The average Bonchev–Trinajstić information content (AvgIpc) is 2.37. The molecule has 0 unspecified atom stereocenters. The van der Waals surface area contributed by atoms with Gasteiger partial charge in [0, 0.05) is 5.41 Å². The Labute approximate surface area is 129 Å². The van der Waals surface area contributed by atoms with Gasteiger partial charge in [-0.25, -0.2) is 4.79 Å². The summed E-state index contributed by atoms with van der Waals surface area (Å²) in [5.41, 5.74) is 3.01. The zero-order valence-electron chi connectivity index (χ0n) is 13.1. The van der Waals surface area contributed by atoms with Crippen molar-refractivity contribution in [1.82, 2.24) is 0 Å². The van der Waals surface area contributed by atoms with Crippen molar-refractivity contribution in [3.63, 3.8) is 0 Å². The molecule has 0 spiro atoms. The van der Waals surface area contributed by atoms with Crippen LogP contribution in [0.1, 0.15) is 46.5 Å². The predicted molar refractivity (Wildman–Crippen MR) is 84.8 cm³/mol. The summed E-state index contributed by atoms with van der Waals surface area (Å²) in [4.78, 5) is 11.3. The molecule has 3 N–H and O–H groups in total. The Morgan fingerprint density at radius 1 is 0.955 bits per heavy atom. The molecule has 0 aromatic heterocycles. The van der Waals surface area contributed by atoms with Crippen LogP contribution < -0.4 is 0 Å². The maximum absolute atomic E-state index is 11.3. The number of phenolic OH excluding ortho intramolecular Hbond substituents is 1. The fourth-order valence-electron chi connectivity index (χ4n) is 3.03. The van der Waals surface area contributed by atoms with Gasteiger partial charge in [-0.15, -0.1) is 0 Å². The Morgan fingerprint density at radius 2 is 1.55 bits per heavy atom. The highest BCUT2D eigenvalue weighted by atomic mass is 16.4. The first-order valence-electron chi connectivity index (χ1n) is 7.02. The smallest absolute Gasteiger partial charge is 0.339 e. The minimum atomic E-state index is -1.16. The zero-order chi connectivity index (χ0) is 16.7. The van der Waals surface area contributed by atoms with Gasteiger partial charge < -0.3 is 15.3 Å². The summed E-state index contributed by atoms with van der Waals surface area (Å²) in [5, 5.41) is 28.6. The van der Waals surface area contributed by atoms with E-state index < -0.39 is 11.4 Å². The lowest BCUT2D eigenvalue weighted by Crippen LogP contribution is -2.22. The number of aromatic carboxylic acids is 1. The third kappa shape index (κ3) is 2.64. The van der Waals surface area contributed by atoms with E-state index in [2.05, 4.69) is 0 Å². The minimum Gasteiger partial charge on any atom is -0.508 e. The normalized spacial score (nSPS) is 11.5. The Morgan fingerprint density at radius 3 is 2.09 bits per heavy atom. The molecule has 0 radical (unpaired) electrons. The maximum Gasteiger partial charge on any atom is 0.339 e. The summed E-state index contributed by atoms with van der Waals surface area (Å²) in [7, 11) is 0. The van der Waals surface area contributed by atoms with Crippen molar-refractivity contribution in [1.29, 1.82) is 0 Å². The number of carboxylic acid groups (broad SMARTS) is 1. The summed E-state index contributed by atoms with van der Waals surface area (Å²) in [6.45, 7) is 7.75. The molecule has 2 rings (SSSR count). The molecule has 0 saturated heterocycles. The average molecular weight is 300 g/mol. The summed E-state index contributed by atoms with van der Waals surface area (Å²) in [6.07, 6.45) is 0. The molecule has 0 amide bonds. The molecule has 4 nitrogen and oxygen atoms in total. The van der Waals surface area contributed by atoms with Gasteiger partial charge in [0.2, 0.25) is 0 Å². The molecule has 22 heavy (non-hydrogen) atoms. The van der Waals surface area contributed by atoms with Crippen LogP contribution in [0.5, 0.6) is 11.5 Å².